The zero-order valence-electron chi connectivity index (χ0n) is 15.6. The van der Waals surface area contributed by atoms with Crippen molar-refractivity contribution in [3.63, 3.8) is 0 Å². The molecule has 3 rings (SSSR count). The lowest BCUT2D eigenvalue weighted by atomic mass is 9.87. The quantitative estimate of drug-likeness (QED) is 0.767. The van der Waals surface area contributed by atoms with Gasteiger partial charge in [0, 0.05) is 52.4 Å². The Bertz CT molecular complexity index is 395. The highest BCUT2D eigenvalue weighted by atomic mass is 16.5. The van der Waals surface area contributed by atoms with E-state index in [1.165, 1.54) is 38.5 Å². The molecule has 5 nitrogen and oxygen atoms in total. The van der Waals surface area contributed by atoms with Crippen LogP contribution in [0.3, 0.4) is 0 Å². The van der Waals surface area contributed by atoms with E-state index in [-0.39, 0.29) is 0 Å². The van der Waals surface area contributed by atoms with Crippen LogP contribution in [0.5, 0.6) is 0 Å². The molecule has 0 aromatic heterocycles. The van der Waals surface area contributed by atoms with Crippen LogP contribution >= 0.6 is 0 Å². The summed E-state index contributed by atoms with van der Waals surface area (Å²) < 4.78 is 5.74. The fraction of sp³-hybridized carbons (Fsp3) is 0.947. The van der Waals surface area contributed by atoms with E-state index in [9.17, 15) is 4.79 Å². The standard InChI is InChI=1S/C19H35N3O2/c1-16-5-7-17(8-6-16)20(2)19(23)15-22-11-9-21(10-12-22)14-18-4-3-13-24-18/h16-18H,3-15H2,1-2H3. The van der Waals surface area contributed by atoms with Crippen molar-refractivity contribution in [3.05, 3.63) is 0 Å². The molecule has 1 atom stereocenters. The minimum Gasteiger partial charge on any atom is -0.377 e. The number of nitrogens with zero attached hydrogens (tertiary/aromatic N) is 3. The second-order valence-corrected chi connectivity index (χ2v) is 8.13. The van der Waals surface area contributed by atoms with Crippen LogP contribution in [0.4, 0.5) is 0 Å². The molecule has 0 radical (unpaired) electrons. The van der Waals surface area contributed by atoms with E-state index < -0.39 is 0 Å². The predicted molar refractivity (Wildman–Crippen MR) is 96.0 cm³/mol. The summed E-state index contributed by atoms with van der Waals surface area (Å²) in [4.78, 5) is 19.5. The fourth-order valence-electron chi connectivity index (χ4n) is 4.34. The first kappa shape index (κ1) is 18.2. The number of rotatable bonds is 5. The predicted octanol–water partition coefficient (Wildman–Crippen LogP) is 1.82. The Morgan fingerprint density at radius 1 is 1.04 bits per heavy atom. The molecule has 0 bridgehead atoms. The lowest BCUT2D eigenvalue weighted by molar-refractivity contribution is -0.134. The molecule has 3 fully saturated rings. The van der Waals surface area contributed by atoms with Crippen molar-refractivity contribution < 1.29 is 9.53 Å². The number of hydrogen-bond acceptors (Lipinski definition) is 4. The molecule has 0 aromatic carbocycles. The molecule has 3 aliphatic rings. The van der Waals surface area contributed by atoms with E-state index in [0.717, 1.165) is 45.2 Å². The van der Waals surface area contributed by atoms with Gasteiger partial charge >= 0.3 is 0 Å². The number of hydrogen-bond donors (Lipinski definition) is 0. The molecule has 5 heteroatoms. The molecule has 24 heavy (non-hydrogen) atoms. The molecule has 1 amide bonds. The average Bonchev–Trinajstić information content (AvgIpc) is 3.09. The second kappa shape index (κ2) is 8.63. The van der Waals surface area contributed by atoms with Gasteiger partial charge in [-0.1, -0.05) is 6.92 Å². The normalized spacial score (nSPS) is 32.8. The van der Waals surface area contributed by atoms with Gasteiger partial charge in [0.15, 0.2) is 0 Å². The summed E-state index contributed by atoms with van der Waals surface area (Å²) in [5.41, 5.74) is 0. The smallest absolute Gasteiger partial charge is 0.236 e. The highest BCUT2D eigenvalue weighted by molar-refractivity contribution is 5.78. The summed E-state index contributed by atoms with van der Waals surface area (Å²) >= 11 is 0. The van der Waals surface area contributed by atoms with E-state index in [1.807, 2.05) is 11.9 Å². The molecule has 0 N–H and O–H groups in total. The first-order valence-corrected chi connectivity index (χ1v) is 9.94. The van der Waals surface area contributed by atoms with Gasteiger partial charge < -0.3 is 9.64 Å². The zero-order chi connectivity index (χ0) is 16.9. The second-order valence-electron chi connectivity index (χ2n) is 8.13. The summed E-state index contributed by atoms with van der Waals surface area (Å²) in [5, 5.41) is 0. The van der Waals surface area contributed by atoms with Gasteiger partial charge in [-0.2, -0.15) is 0 Å². The summed E-state index contributed by atoms with van der Waals surface area (Å²) in [5.74, 6) is 1.14. The molecule has 138 valence electrons. The summed E-state index contributed by atoms with van der Waals surface area (Å²) in [7, 11) is 2.01. The van der Waals surface area contributed by atoms with Crippen LogP contribution in [0, 0.1) is 5.92 Å². The van der Waals surface area contributed by atoms with E-state index in [4.69, 9.17) is 4.74 Å². The molecule has 2 heterocycles. The van der Waals surface area contributed by atoms with E-state index in [1.54, 1.807) is 0 Å². The van der Waals surface area contributed by atoms with E-state index in [0.29, 0.717) is 24.6 Å². The van der Waals surface area contributed by atoms with Gasteiger partial charge in [-0.05, 0) is 44.4 Å². The zero-order valence-corrected chi connectivity index (χ0v) is 15.6. The lowest BCUT2D eigenvalue weighted by Crippen LogP contribution is -2.52. The topological polar surface area (TPSA) is 36.0 Å². The van der Waals surface area contributed by atoms with Crippen LogP contribution in [0.15, 0.2) is 0 Å². The molecule has 0 aromatic rings. The van der Waals surface area contributed by atoms with Crippen LogP contribution in [0.1, 0.15) is 45.4 Å². The van der Waals surface area contributed by atoms with Crippen LogP contribution < -0.4 is 0 Å². The third-order valence-corrected chi connectivity index (χ3v) is 6.24. The Morgan fingerprint density at radius 3 is 2.33 bits per heavy atom. The highest BCUT2D eigenvalue weighted by Gasteiger charge is 2.27. The summed E-state index contributed by atoms with van der Waals surface area (Å²) in [6, 6.07) is 0.467. The van der Waals surface area contributed by atoms with Crippen molar-refractivity contribution in [2.45, 2.75) is 57.6 Å². The molecule has 1 saturated carbocycles. The molecule has 2 aliphatic heterocycles. The Hall–Kier alpha value is -0.650. The molecule has 1 aliphatic carbocycles. The number of likely N-dealkylation sites (N-methyl/N-ethyl adjacent to an activating group) is 1. The van der Waals surface area contributed by atoms with Gasteiger partial charge in [0.25, 0.3) is 0 Å². The Balaban J connectivity index is 1.36. The number of piperazine rings is 1. The molecular formula is C19H35N3O2. The molecule has 1 unspecified atom stereocenters. The third kappa shape index (κ3) is 4.93. The lowest BCUT2D eigenvalue weighted by Gasteiger charge is -2.38. The Kier molecular flexibility index (Phi) is 6.53. The first-order valence-electron chi connectivity index (χ1n) is 9.94. The number of amides is 1. The van der Waals surface area contributed by atoms with Gasteiger partial charge in [-0.25, -0.2) is 0 Å². The maximum Gasteiger partial charge on any atom is 0.236 e. The van der Waals surface area contributed by atoms with Gasteiger partial charge in [-0.3, -0.25) is 14.6 Å². The maximum absolute atomic E-state index is 12.6. The largest absolute Gasteiger partial charge is 0.377 e. The van der Waals surface area contributed by atoms with Crippen molar-refractivity contribution in [1.82, 2.24) is 14.7 Å². The first-order chi connectivity index (χ1) is 11.6. The monoisotopic (exact) mass is 337 g/mol. The Morgan fingerprint density at radius 2 is 1.71 bits per heavy atom. The number of ether oxygens (including phenoxy) is 1. The van der Waals surface area contributed by atoms with Crippen LogP contribution in [0.25, 0.3) is 0 Å². The van der Waals surface area contributed by atoms with Crippen molar-refractivity contribution in [3.8, 4) is 0 Å². The average molecular weight is 338 g/mol. The molecular weight excluding hydrogens is 302 g/mol. The van der Waals surface area contributed by atoms with E-state index in [2.05, 4.69) is 16.7 Å². The minimum absolute atomic E-state index is 0.308. The van der Waals surface area contributed by atoms with Crippen LogP contribution in [-0.2, 0) is 9.53 Å². The van der Waals surface area contributed by atoms with E-state index >= 15 is 0 Å². The van der Waals surface area contributed by atoms with Gasteiger partial charge in [0.1, 0.15) is 0 Å². The summed E-state index contributed by atoms with van der Waals surface area (Å²) in [6.45, 7) is 9.08. The minimum atomic E-state index is 0.308. The SMILES string of the molecule is CC1CCC(N(C)C(=O)CN2CCN(CC3CCCO3)CC2)CC1. The summed E-state index contributed by atoms with van der Waals surface area (Å²) in [6.07, 6.45) is 7.76. The number of carbonyl (C=O) groups is 1. The van der Waals surface area contributed by atoms with Gasteiger partial charge in [-0.15, -0.1) is 0 Å². The van der Waals surface area contributed by atoms with Crippen molar-refractivity contribution in [2.24, 2.45) is 5.92 Å². The van der Waals surface area contributed by atoms with Gasteiger partial charge in [0.05, 0.1) is 12.6 Å². The number of carbonyl (C=O) groups excluding carboxylic acids is 1. The van der Waals surface area contributed by atoms with Crippen LogP contribution in [-0.4, -0.2) is 85.7 Å². The van der Waals surface area contributed by atoms with Crippen molar-refractivity contribution >= 4 is 5.91 Å². The van der Waals surface area contributed by atoms with Crippen molar-refractivity contribution in [1.29, 1.82) is 0 Å². The van der Waals surface area contributed by atoms with Crippen molar-refractivity contribution in [2.75, 3.05) is 52.9 Å². The highest BCUT2D eigenvalue weighted by Crippen LogP contribution is 2.26. The molecule has 0 spiro atoms. The maximum atomic E-state index is 12.6. The molecule has 2 saturated heterocycles. The fourth-order valence-corrected chi connectivity index (χ4v) is 4.34. The van der Waals surface area contributed by atoms with Crippen LogP contribution in [0.2, 0.25) is 0 Å². The third-order valence-electron chi connectivity index (χ3n) is 6.24. The van der Waals surface area contributed by atoms with Gasteiger partial charge in [0.2, 0.25) is 5.91 Å². The Labute approximate surface area is 147 Å².